The van der Waals surface area contributed by atoms with Crippen molar-refractivity contribution in [2.45, 2.75) is 60.4 Å². The lowest BCUT2D eigenvalue weighted by molar-refractivity contribution is 0.0493. The van der Waals surface area contributed by atoms with Gasteiger partial charge in [-0.05, 0) is 79.4 Å². The van der Waals surface area contributed by atoms with Gasteiger partial charge < -0.3 is 19.6 Å². The van der Waals surface area contributed by atoms with Gasteiger partial charge in [-0.15, -0.1) is 0 Å². The summed E-state index contributed by atoms with van der Waals surface area (Å²) in [5, 5.41) is 10.4. The lowest BCUT2D eigenvalue weighted by Gasteiger charge is -2.39. The Hall–Kier alpha value is -3.18. The van der Waals surface area contributed by atoms with Gasteiger partial charge in [0.1, 0.15) is 0 Å². The molecule has 1 N–H and O–H groups in total. The third-order valence-corrected chi connectivity index (χ3v) is 9.52. The monoisotopic (exact) mass is 607 g/mol. The lowest BCUT2D eigenvalue weighted by atomic mass is 9.99. The Morgan fingerprint density at radius 1 is 1.00 bits per heavy atom. The van der Waals surface area contributed by atoms with E-state index in [1.54, 1.807) is 24.3 Å². The van der Waals surface area contributed by atoms with Crippen LogP contribution in [0.1, 0.15) is 53.2 Å². The Balaban J connectivity index is 1.07. The minimum Gasteiger partial charge on any atom is -0.478 e. The van der Waals surface area contributed by atoms with Gasteiger partial charge in [0.15, 0.2) is 5.16 Å². The number of aromatic carboxylic acids is 1. The number of halogens is 1. The van der Waals surface area contributed by atoms with E-state index < -0.39 is 5.97 Å². The van der Waals surface area contributed by atoms with Gasteiger partial charge >= 0.3 is 12.0 Å². The fourth-order valence-corrected chi connectivity index (χ4v) is 7.08. The molecule has 4 heterocycles. The Kier molecular flexibility index (Phi) is 8.95. The number of carboxylic acid groups (broad SMARTS) is 1. The van der Waals surface area contributed by atoms with Gasteiger partial charge in [0.2, 0.25) is 0 Å². The summed E-state index contributed by atoms with van der Waals surface area (Å²) >= 11 is 7.77. The van der Waals surface area contributed by atoms with Gasteiger partial charge in [0, 0.05) is 79.4 Å². The van der Waals surface area contributed by atoms with Crippen LogP contribution in [0.15, 0.2) is 71.0 Å². The molecule has 1 atom stereocenters. The summed E-state index contributed by atoms with van der Waals surface area (Å²) in [5.74, 6) is -0.943. The van der Waals surface area contributed by atoms with E-state index in [0.717, 1.165) is 61.3 Å². The number of hydrogen-bond acceptors (Lipinski definition) is 7. The minimum absolute atomic E-state index is 0.00521. The van der Waals surface area contributed by atoms with Gasteiger partial charge in [-0.3, -0.25) is 4.90 Å². The fraction of sp³-hybridized carbons (Fsp3) is 0.419. The average Bonchev–Trinajstić information content (AvgIpc) is 3.36. The van der Waals surface area contributed by atoms with Gasteiger partial charge in [-0.1, -0.05) is 23.7 Å². The smallest absolute Gasteiger partial charge is 0.335 e. The van der Waals surface area contributed by atoms with Crippen molar-refractivity contribution >= 4 is 35.4 Å². The molecule has 0 aliphatic carbocycles. The van der Waals surface area contributed by atoms with Gasteiger partial charge in [0.05, 0.1) is 11.6 Å². The molecule has 3 aromatic rings. The van der Waals surface area contributed by atoms with E-state index in [1.807, 2.05) is 30.6 Å². The molecule has 0 radical (unpaired) electrons. The molecule has 9 nitrogen and oxygen atoms in total. The van der Waals surface area contributed by atoms with Crippen LogP contribution in [0.2, 0.25) is 5.02 Å². The molecule has 42 heavy (non-hydrogen) atoms. The summed E-state index contributed by atoms with van der Waals surface area (Å²) in [6, 6.07) is 15.2. The van der Waals surface area contributed by atoms with E-state index in [-0.39, 0.29) is 29.7 Å². The maximum Gasteiger partial charge on any atom is 0.335 e. The van der Waals surface area contributed by atoms with Crippen LogP contribution in [-0.2, 0) is 11.3 Å². The van der Waals surface area contributed by atoms with E-state index in [1.165, 1.54) is 11.8 Å². The standard InChI is InChI=1S/C31H34ClN5O4S/c32-24-3-1-2-23(16-24)28-20-36(25-10-14-41-15-11-25)31(40)37(28)26-8-12-35(13-9-26)19-21-17-33-30(34-18-21)42-27-6-4-22(5-7-27)29(38)39/h1-7,16-18,25-26,28H,8-15,19-20H2,(H,38,39). The molecular formula is C31H34ClN5O4S. The molecule has 3 saturated heterocycles. The van der Waals surface area contributed by atoms with Crippen LogP contribution in [0.5, 0.6) is 0 Å². The number of benzene rings is 2. The Morgan fingerprint density at radius 2 is 1.71 bits per heavy atom. The van der Waals surface area contributed by atoms with Gasteiger partial charge in [0.25, 0.3) is 0 Å². The third-order valence-electron chi connectivity index (χ3n) is 8.39. The molecule has 1 aromatic heterocycles. The van der Waals surface area contributed by atoms with Crippen LogP contribution in [-0.4, -0.2) is 86.7 Å². The molecule has 3 aliphatic rings. The molecule has 11 heteroatoms. The summed E-state index contributed by atoms with van der Waals surface area (Å²) in [4.78, 5) is 41.5. The Bertz CT molecular complexity index is 1400. The number of piperidine rings is 1. The second-order valence-electron chi connectivity index (χ2n) is 11.1. The summed E-state index contributed by atoms with van der Waals surface area (Å²) in [6.45, 7) is 4.64. The number of urea groups is 1. The van der Waals surface area contributed by atoms with E-state index in [0.29, 0.717) is 29.9 Å². The first-order chi connectivity index (χ1) is 20.4. The average molecular weight is 608 g/mol. The molecule has 3 fully saturated rings. The van der Waals surface area contributed by atoms with Gasteiger partial charge in [-0.25, -0.2) is 19.6 Å². The molecule has 3 aliphatic heterocycles. The summed E-state index contributed by atoms with van der Waals surface area (Å²) in [6.07, 6.45) is 7.31. The molecule has 0 bridgehead atoms. The second kappa shape index (κ2) is 13.0. The highest BCUT2D eigenvalue weighted by Crippen LogP contribution is 2.38. The van der Waals surface area contributed by atoms with E-state index >= 15 is 0 Å². The van der Waals surface area contributed by atoms with Gasteiger partial charge in [-0.2, -0.15) is 0 Å². The van der Waals surface area contributed by atoms with Crippen molar-refractivity contribution in [1.29, 1.82) is 0 Å². The quantitative estimate of drug-likeness (QED) is 0.330. The van der Waals surface area contributed by atoms with E-state index in [9.17, 15) is 9.59 Å². The lowest BCUT2D eigenvalue weighted by Crippen LogP contribution is -2.48. The highest BCUT2D eigenvalue weighted by Gasteiger charge is 2.45. The predicted octanol–water partition coefficient (Wildman–Crippen LogP) is 5.60. The maximum atomic E-state index is 13.9. The largest absolute Gasteiger partial charge is 0.478 e. The first-order valence-corrected chi connectivity index (χ1v) is 15.6. The zero-order chi connectivity index (χ0) is 29.1. The van der Waals surface area contributed by atoms with Crippen LogP contribution >= 0.6 is 23.4 Å². The SMILES string of the molecule is O=C(O)c1ccc(Sc2ncc(CN3CCC(N4C(=O)N(C5CCOCC5)CC4c4cccc(Cl)c4)CC3)cn2)cc1. The number of likely N-dealkylation sites (tertiary alicyclic amines) is 1. The summed E-state index contributed by atoms with van der Waals surface area (Å²) < 4.78 is 5.57. The highest BCUT2D eigenvalue weighted by molar-refractivity contribution is 7.99. The summed E-state index contributed by atoms with van der Waals surface area (Å²) in [5.41, 5.74) is 2.39. The number of aromatic nitrogens is 2. The van der Waals surface area contributed by atoms with Crippen LogP contribution < -0.4 is 0 Å². The molecule has 1 unspecified atom stereocenters. The minimum atomic E-state index is -0.943. The zero-order valence-electron chi connectivity index (χ0n) is 23.3. The van der Waals surface area contributed by atoms with Crippen LogP contribution in [0.4, 0.5) is 4.79 Å². The molecule has 0 spiro atoms. The number of nitrogens with zero attached hydrogens (tertiary/aromatic N) is 5. The highest BCUT2D eigenvalue weighted by atomic mass is 35.5. The first-order valence-electron chi connectivity index (χ1n) is 14.4. The van der Waals surface area contributed by atoms with Crippen molar-refractivity contribution in [2.75, 3.05) is 32.8 Å². The normalized spacial score (nSPS) is 20.8. The van der Waals surface area contributed by atoms with Crippen LogP contribution in [0.3, 0.4) is 0 Å². The number of hydrogen-bond donors (Lipinski definition) is 1. The van der Waals surface area contributed by atoms with Crippen molar-refractivity contribution < 1.29 is 19.4 Å². The second-order valence-corrected chi connectivity index (χ2v) is 12.5. The van der Waals surface area contributed by atoms with Crippen molar-refractivity contribution in [3.8, 4) is 0 Å². The molecule has 220 valence electrons. The Morgan fingerprint density at radius 3 is 2.38 bits per heavy atom. The fourth-order valence-electron chi connectivity index (χ4n) is 6.19. The predicted molar refractivity (Wildman–Crippen MR) is 160 cm³/mol. The molecular weight excluding hydrogens is 574 g/mol. The molecule has 0 saturated carbocycles. The van der Waals surface area contributed by atoms with Crippen molar-refractivity contribution in [1.82, 2.24) is 24.7 Å². The molecule has 2 aromatic carbocycles. The van der Waals surface area contributed by atoms with E-state index in [2.05, 4.69) is 30.7 Å². The maximum absolute atomic E-state index is 13.9. The zero-order valence-corrected chi connectivity index (χ0v) is 24.8. The number of carboxylic acids is 1. The molecule has 2 amide bonds. The number of carbonyl (C=O) groups excluding carboxylic acids is 1. The third kappa shape index (κ3) is 6.57. The molecule has 6 rings (SSSR count). The number of ether oxygens (including phenoxy) is 1. The topological polar surface area (TPSA) is 99.1 Å². The number of amides is 2. The number of carbonyl (C=O) groups is 2. The first kappa shape index (κ1) is 28.9. The van der Waals surface area contributed by atoms with Crippen molar-refractivity contribution in [3.05, 3.63) is 82.6 Å². The Labute approximate surface area is 254 Å². The summed E-state index contributed by atoms with van der Waals surface area (Å²) in [7, 11) is 0. The van der Waals surface area contributed by atoms with Crippen molar-refractivity contribution in [2.24, 2.45) is 0 Å². The van der Waals surface area contributed by atoms with E-state index in [4.69, 9.17) is 21.4 Å². The van der Waals surface area contributed by atoms with Crippen LogP contribution in [0.25, 0.3) is 0 Å². The van der Waals surface area contributed by atoms with Crippen molar-refractivity contribution in [3.63, 3.8) is 0 Å². The number of rotatable bonds is 8. The van der Waals surface area contributed by atoms with Crippen LogP contribution in [0, 0.1) is 0 Å².